The molecule has 0 aliphatic carbocycles. The van der Waals surface area contributed by atoms with E-state index >= 15 is 0 Å². The van der Waals surface area contributed by atoms with Crippen LogP contribution in [0.3, 0.4) is 0 Å². The molecule has 0 amide bonds. The van der Waals surface area contributed by atoms with Gasteiger partial charge in [0, 0.05) is 0 Å². The number of carbonyl (C=O) groups is 2. The van der Waals surface area contributed by atoms with E-state index in [4.69, 9.17) is 21.1 Å². The van der Waals surface area contributed by atoms with E-state index in [0.717, 1.165) is 0 Å². The third-order valence-corrected chi connectivity index (χ3v) is 2.50. The zero-order chi connectivity index (χ0) is 13.7. The van der Waals surface area contributed by atoms with E-state index in [1.807, 2.05) is 0 Å². The molecule has 5 nitrogen and oxygen atoms in total. The van der Waals surface area contributed by atoms with Gasteiger partial charge in [-0.3, -0.25) is 0 Å². The standard InChI is InChI=1S/C12H14ClNO4/c1-4-17-11(15)8-6-9(13)7(3)14-10(8)12(16)18-5-2/h6H,4-5H2,1-3H3. The first-order valence-electron chi connectivity index (χ1n) is 5.52. The number of halogens is 1. The highest BCUT2D eigenvalue weighted by Crippen LogP contribution is 2.19. The predicted octanol–water partition coefficient (Wildman–Crippen LogP) is 2.40. The van der Waals surface area contributed by atoms with E-state index in [-0.39, 0.29) is 24.5 Å². The lowest BCUT2D eigenvalue weighted by Gasteiger charge is -2.09. The Morgan fingerprint density at radius 2 is 1.78 bits per heavy atom. The minimum absolute atomic E-state index is 0.0194. The number of carbonyl (C=O) groups excluding carboxylic acids is 2. The number of rotatable bonds is 4. The first-order valence-corrected chi connectivity index (χ1v) is 5.90. The molecule has 0 aromatic carbocycles. The Morgan fingerprint density at radius 1 is 1.22 bits per heavy atom. The van der Waals surface area contributed by atoms with Gasteiger partial charge in [-0.2, -0.15) is 0 Å². The zero-order valence-electron chi connectivity index (χ0n) is 10.4. The van der Waals surface area contributed by atoms with E-state index in [2.05, 4.69) is 4.98 Å². The van der Waals surface area contributed by atoms with Crippen LogP contribution in [-0.2, 0) is 9.47 Å². The monoisotopic (exact) mass is 271 g/mol. The second-order valence-electron chi connectivity index (χ2n) is 3.39. The van der Waals surface area contributed by atoms with Crippen molar-refractivity contribution < 1.29 is 19.1 Å². The van der Waals surface area contributed by atoms with Gasteiger partial charge in [0.2, 0.25) is 0 Å². The maximum atomic E-state index is 11.7. The third-order valence-electron chi connectivity index (χ3n) is 2.12. The summed E-state index contributed by atoms with van der Waals surface area (Å²) >= 11 is 5.89. The van der Waals surface area contributed by atoms with Gasteiger partial charge in [-0.15, -0.1) is 0 Å². The van der Waals surface area contributed by atoms with Crippen molar-refractivity contribution >= 4 is 23.5 Å². The van der Waals surface area contributed by atoms with Crippen LogP contribution in [0, 0.1) is 6.92 Å². The van der Waals surface area contributed by atoms with Gasteiger partial charge in [0.15, 0.2) is 5.69 Å². The molecule has 18 heavy (non-hydrogen) atoms. The van der Waals surface area contributed by atoms with Crippen molar-refractivity contribution in [3.8, 4) is 0 Å². The quantitative estimate of drug-likeness (QED) is 0.787. The SMILES string of the molecule is CCOC(=O)c1cc(Cl)c(C)nc1C(=O)OCC. The van der Waals surface area contributed by atoms with Crippen LogP contribution in [-0.4, -0.2) is 30.1 Å². The maximum absolute atomic E-state index is 11.7. The molecule has 0 atom stereocenters. The fourth-order valence-electron chi connectivity index (χ4n) is 1.30. The van der Waals surface area contributed by atoms with Crippen molar-refractivity contribution in [1.29, 1.82) is 0 Å². The molecule has 0 bridgehead atoms. The molecular weight excluding hydrogens is 258 g/mol. The fraction of sp³-hybridized carbons (Fsp3) is 0.417. The average Bonchev–Trinajstić information content (AvgIpc) is 2.32. The summed E-state index contributed by atoms with van der Waals surface area (Å²) < 4.78 is 9.69. The summed E-state index contributed by atoms with van der Waals surface area (Å²) in [6.45, 7) is 5.38. The number of pyridine rings is 1. The molecule has 0 aliphatic rings. The molecule has 0 saturated carbocycles. The summed E-state index contributed by atoms with van der Waals surface area (Å²) in [5.41, 5.74) is 0.399. The summed E-state index contributed by atoms with van der Waals surface area (Å²) in [4.78, 5) is 27.4. The molecule has 1 heterocycles. The summed E-state index contributed by atoms with van der Waals surface area (Å²) in [6.07, 6.45) is 0. The first kappa shape index (κ1) is 14.4. The summed E-state index contributed by atoms with van der Waals surface area (Å²) in [5.74, 6) is -1.31. The molecule has 0 fully saturated rings. The highest BCUT2D eigenvalue weighted by Gasteiger charge is 2.22. The number of aromatic nitrogens is 1. The van der Waals surface area contributed by atoms with Gasteiger partial charge in [0.1, 0.15) is 0 Å². The minimum atomic E-state index is -0.666. The van der Waals surface area contributed by atoms with Gasteiger partial charge >= 0.3 is 11.9 Å². The predicted molar refractivity (Wildman–Crippen MR) is 65.9 cm³/mol. The van der Waals surface area contributed by atoms with Crippen molar-refractivity contribution in [2.24, 2.45) is 0 Å². The lowest BCUT2D eigenvalue weighted by molar-refractivity contribution is 0.0473. The van der Waals surface area contributed by atoms with Crippen LogP contribution in [0.5, 0.6) is 0 Å². The average molecular weight is 272 g/mol. The van der Waals surface area contributed by atoms with Gasteiger partial charge in [0.25, 0.3) is 0 Å². The highest BCUT2D eigenvalue weighted by atomic mass is 35.5. The topological polar surface area (TPSA) is 65.5 Å². The normalized spacial score (nSPS) is 10.0. The Morgan fingerprint density at radius 3 is 2.33 bits per heavy atom. The van der Waals surface area contributed by atoms with Crippen molar-refractivity contribution in [3.05, 3.63) is 28.0 Å². The Bertz CT molecular complexity index is 430. The first-order chi connectivity index (χ1) is 8.51. The van der Waals surface area contributed by atoms with Crippen LogP contribution in [0.4, 0.5) is 0 Å². The van der Waals surface area contributed by atoms with Gasteiger partial charge in [-0.25, -0.2) is 14.6 Å². The lowest BCUT2D eigenvalue weighted by atomic mass is 10.1. The van der Waals surface area contributed by atoms with Crippen molar-refractivity contribution in [1.82, 2.24) is 4.98 Å². The molecule has 98 valence electrons. The molecule has 0 unspecified atom stereocenters. The molecule has 0 aliphatic heterocycles. The smallest absolute Gasteiger partial charge is 0.357 e. The maximum Gasteiger partial charge on any atom is 0.357 e. The van der Waals surface area contributed by atoms with Crippen LogP contribution in [0.1, 0.15) is 40.4 Å². The number of hydrogen-bond acceptors (Lipinski definition) is 5. The molecule has 0 spiro atoms. The molecule has 0 radical (unpaired) electrons. The van der Waals surface area contributed by atoms with Crippen LogP contribution >= 0.6 is 11.6 Å². The number of ether oxygens (including phenoxy) is 2. The second-order valence-corrected chi connectivity index (χ2v) is 3.80. The van der Waals surface area contributed by atoms with Crippen LogP contribution in [0.15, 0.2) is 6.07 Å². The largest absolute Gasteiger partial charge is 0.462 e. The van der Waals surface area contributed by atoms with E-state index in [1.165, 1.54) is 6.07 Å². The van der Waals surface area contributed by atoms with Crippen LogP contribution in [0.2, 0.25) is 5.02 Å². The van der Waals surface area contributed by atoms with E-state index in [0.29, 0.717) is 10.7 Å². The van der Waals surface area contributed by atoms with Crippen molar-refractivity contribution in [2.45, 2.75) is 20.8 Å². The number of nitrogens with zero attached hydrogens (tertiary/aromatic N) is 1. The van der Waals surface area contributed by atoms with E-state index in [1.54, 1.807) is 20.8 Å². The number of hydrogen-bond donors (Lipinski definition) is 0. The Labute approximate surface area is 110 Å². The number of esters is 2. The zero-order valence-corrected chi connectivity index (χ0v) is 11.2. The van der Waals surface area contributed by atoms with Gasteiger partial charge in [-0.1, -0.05) is 11.6 Å². The molecular formula is C12H14ClNO4. The second kappa shape index (κ2) is 6.35. The Balaban J connectivity index is 3.25. The summed E-state index contributed by atoms with van der Waals surface area (Å²) in [7, 11) is 0. The van der Waals surface area contributed by atoms with Crippen LogP contribution < -0.4 is 0 Å². The Kier molecular flexibility index (Phi) is 5.09. The summed E-state index contributed by atoms with van der Waals surface area (Å²) in [5, 5.41) is 0.297. The summed E-state index contributed by atoms with van der Waals surface area (Å²) in [6, 6.07) is 1.37. The fourth-order valence-corrected chi connectivity index (χ4v) is 1.45. The molecule has 1 aromatic heterocycles. The van der Waals surface area contributed by atoms with E-state index in [9.17, 15) is 9.59 Å². The van der Waals surface area contributed by atoms with Gasteiger partial charge < -0.3 is 9.47 Å². The van der Waals surface area contributed by atoms with Crippen molar-refractivity contribution in [2.75, 3.05) is 13.2 Å². The molecule has 1 aromatic rings. The number of aryl methyl sites for hydroxylation is 1. The van der Waals surface area contributed by atoms with Gasteiger partial charge in [0.05, 0.1) is 29.5 Å². The third kappa shape index (κ3) is 3.20. The van der Waals surface area contributed by atoms with E-state index < -0.39 is 11.9 Å². The minimum Gasteiger partial charge on any atom is -0.462 e. The molecule has 1 rings (SSSR count). The van der Waals surface area contributed by atoms with Gasteiger partial charge in [-0.05, 0) is 26.8 Å². The molecule has 6 heteroatoms. The van der Waals surface area contributed by atoms with Crippen molar-refractivity contribution in [3.63, 3.8) is 0 Å². The highest BCUT2D eigenvalue weighted by molar-refractivity contribution is 6.31. The Hall–Kier alpha value is -1.62. The molecule has 0 saturated heterocycles. The lowest BCUT2D eigenvalue weighted by Crippen LogP contribution is -2.16. The molecule has 0 N–H and O–H groups in total. The van der Waals surface area contributed by atoms with Crippen LogP contribution in [0.25, 0.3) is 0 Å².